The van der Waals surface area contributed by atoms with Gasteiger partial charge in [0.25, 0.3) is 5.91 Å². The van der Waals surface area contributed by atoms with Crippen LogP contribution in [0, 0.1) is 6.92 Å². The highest BCUT2D eigenvalue weighted by Gasteiger charge is 2.11. The van der Waals surface area contributed by atoms with Crippen LogP contribution in [0.3, 0.4) is 0 Å². The number of hydrogen-bond acceptors (Lipinski definition) is 3. The van der Waals surface area contributed by atoms with Crippen molar-refractivity contribution in [3.8, 4) is 0 Å². The minimum absolute atomic E-state index is 0.0734. The van der Waals surface area contributed by atoms with Gasteiger partial charge in [0, 0.05) is 25.6 Å². The van der Waals surface area contributed by atoms with E-state index in [0.29, 0.717) is 18.5 Å². The van der Waals surface area contributed by atoms with Gasteiger partial charge >= 0.3 is 0 Å². The summed E-state index contributed by atoms with van der Waals surface area (Å²) in [4.78, 5) is 13.5. The summed E-state index contributed by atoms with van der Waals surface area (Å²) in [5, 5.41) is 11.3. The average molecular weight is 235 g/mol. The number of carbonyl (C=O) groups is 1. The molecule has 5 heteroatoms. The third-order valence-corrected chi connectivity index (χ3v) is 2.48. The monoisotopic (exact) mass is 235 g/mol. The summed E-state index contributed by atoms with van der Waals surface area (Å²) in [6.45, 7) is 2.39. The second-order valence-electron chi connectivity index (χ2n) is 3.93. The Morgan fingerprint density at radius 1 is 1.41 bits per heavy atom. The molecule has 1 aromatic rings. The first kappa shape index (κ1) is 13.0. The van der Waals surface area contributed by atoms with Crippen LogP contribution in [0.5, 0.6) is 0 Å². The van der Waals surface area contributed by atoms with Crippen molar-refractivity contribution in [2.24, 2.45) is 10.9 Å². The molecule has 1 rings (SSSR count). The molecule has 17 heavy (non-hydrogen) atoms. The maximum Gasteiger partial charge on any atom is 0.253 e. The van der Waals surface area contributed by atoms with Gasteiger partial charge in [0.15, 0.2) is 0 Å². The van der Waals surface area contributed by atoms with Crippen molar-refractivity contribution >= 4 is 11.7 Å². The lowest BCUT2D eigenvalue weighted by Gasteiger charge is -2.16. The molecular formula is C12H17N3O2. The van der Waals surface area contributed by atoms with E-state index in [4.69, 9.17) is 10.9 Å². The second-order valence-corrected chi connectivity index (χ2v) is 3.93. The van der Waals surface area contributed by atoms with Gasteiger partial charge in [0.1, 0.15) is 5.84 Å². The van der Waals surface area contributed by atoms with E-state index in [1.165, 1.54) is 0 Å². The van der Waals surface area contributed by atoms with E-state index in [1.807, 2.05) is 19.1 Å². The van der Waals surface area contributed by atoms with Crippen LogP contribution in [-0.2, 0) is 0 Å². The molecule has 0 unspecified atom stereocenters. The van der Waals surface area contributed by atoms with Crippen molar-refractivity contribution in [3.63, 3.8) is 0 Å². The van der Waals surface area contributed by atoms with Gasteiger partial charge in [-0.1, -0.05) is 22.9 Å². The van der Waals surface area contributed by atoms with Crippen LogP contribution in [0.2, 0.25) is 0 Å². The van der Waals surface area contributed by atoms with E-state index < -0.39 is 0 Å². The standard InChI is InChI=1S/C12H17N3O2/c1-9-3-5-10(6-4-9)12(16)15(2)8-7-11(13)14-17/h3-6,17H,7-8H2,1-2H3,(H2,13,14). The zero-order valence-corrected chi connectivity index (χ0v) is 10.1. The molecule has 0 fully saturated rings. The van der Waals surface area contributed by atoms with Crippen LogP contribution in [0.25, 0.3) is 0 Å². The minimum Gasteiger partial charge on any atom is -0.409 e. The van der Waals surface area contributed by atoms with E-state index in [-0.39, 0.29) is 11.7 Å². The zero-order chi connectivity index (χ0) is 12.8. The van der Waals surface area contributed by atoms with Crippen molar-refractivity contribution in [2.45, 2.75) is 13.3 Å². The highest BCUT2D eigenvalue weighted by Crippen LogP contribution is 2.06. The van der Waals surface area contributed by atoms with E-state index in [2.05, 4.69) is 5.16 Å². The molecule has 0 aliphatic carbocycles. The number of benzene rings is 1. The molecule has 0 spiro atoms. The Morgan fingerprint density at radius 3 is 2.53 bits per heavy atom. The Kier molecular flexibility index (Phi) is 4.51. The van der Waals surface area contributed by atoms with Crippen molar-refractivity contribution in [3.05, 3.63) is 35.4 Å². The molecule has 0 aliphatic rings. The van der Waals surface area contributed by atoms with Gasteiger partial charge < -0.3 is 15.8 Å². The lowest BCUT2D eigenvalue weighted by atomic mass is 10.1. The summed E-state index contributed by atoms with van der Waals surface area (Å²) in [6, 6.07) is 7.37. The Labute approximate surface area is 101 Å². The van der Waals surface area contributed by atoms with Crippen molar-refractivity contribution in [2.75, 3.05) is 13.6 Å². The summed E-state index contributed by atoms with van der Waals surface area (Å²) in [6.07, 6.45) is 0.352. The quantitative estimate of drug-likeness (QED) is 0.356. The fourth-order valence-electron chi connectivity index (χ4n) is 1.35. The van der Waals surface area contributed by atoms with Gasteiger partial charge in [-0.25, -0.2) is 0 Å². The maximum atomic E-state index is 11.9. The molecule has 92 valence electrons. The van der Waals surface area contributed by atoms with Gasteiger partial charge in [-0.15, -0.1) is 0 Å². The molecule has 3 N–H and O–H groups in total. The number of hydrogen-bond donors (Lipinski definition) is 2. The van der Waals surface area contributed by atoms with E-state index >= 15 is 0 Å². The molecule has 0 atom stereocenters. The zero-order valence-electron chi connectivity index (χ0n) is 10.1. The Hall–Kier alpha value is -2.04. The van der Waals surface area contributed by atoms with Crippen LogP contribution in [0.1, 0.15) is 22.3 Å². The summed E-state index contributed by atoms with van der Waals surface area (Å²) in [5.74, 6) is 0.0456. The van der Waals surface area contributed by atoms with E-state index in [0.717, 1.165) is 5.56 Å². The second kappa shape index (κ2) is 5.89. The normalized spacial score (nSPS) is 11.3. The molecule has 0 aromatic heterocycles. The fourth-order valence-corrected chi connectivity index (χ4v) is 1.35. The number of carbonyl (C=O) groups excluding carboxylic acids is 1. The molecule has 0 saturated heterocycles. The largest absolute Gasteiger partial charge is 0.409 e. The first-order valence-electron chi connectivity index (χ1n) is 5.33. The topological polar surface area (TPSA) is 78.9 Å². The van der Waals surface area contributed by atoms with Gasteiger partial charge in [0.2, 0.25) is 0 Å². The van der Waals surface area contributed by atoms with E-state index in [9.17, 15) is 4.79 Å². The first-order chi connectivity index (χ1) is 8.04. The number of oxime groups is 1. The molecule has 0 saturated carbocycles. The number of nitrogens with zero attached hydrogens (tertiary/aromatic N) is 2. The van der Waals surface area contributed by atoms with Crippen LogP contribution in [0.4, 0.5) is 0 Å². The number of amidine groups is 1. The number of aryl methyl sites for hydroxylation is 1. The summed E-state index contributed by atoms with van der Waals surface area (Å²) in [7, 11) is 1.69. The van der Waals surface area contributed by atoms with E-state index in [1.54, 1.807) is 24.1 Å². The summed E-state index contributed by atoms with van der Waals surface area (Å²) < 4.78 is 0. The third-order valence-electron chi connectivity index (χ3n) is 2.48. The molecule has 1 amide bonds. The molecule has 0 aliphatic heterocycles. The SMILES string of the molecule is Cc1ccc(C(=O)N(C)CC/C(N)=N/O)cc1. The molecular weight excluding hydrogens is 218 g/mol. The Balaban J connectivity index is 2.60. The molecule has 5 nitrogen and oxygen atoms in total. The fraction of sp³-hybridized carbons (Fsp3) is 0.333. The van der Waals surface area contributed by atoms with Gasteiger partial charge in [-0.2, -0.15) is 0 Å². The molecule has 0 heterocycles. The first-order valence-corrected chi connectivity index (χ1v) is 5.33. The maximum absolute atomic E-state index is 11.9. The lowest BCUT2D eigenvalue weighted by molar-refractivity contribution is 0.0798. The minimum atomic E-state index is -0.0734. The molecule has 0 radical (unpaired) electrons. The average Bonchev–Trinajstić information content (AvgIpc) is 2.35. The van der Waals surface area contributed by atoms with Gasteiger partial charge in [-0.3, -0.25) is 4.79 Å². The summed E-state index contributed by atoms with van der Waals surface area (Å²) >= 11 is 0. The van der Waals surface area contributed by atoms with Crippen molar-refractivity contribution in [1.82, 2.24) is 4.90 Å². The van der Waals surface area contributed by atoms with Crippen LogP contribution in [-0.4, -0.2) is 35.4 Å². The number of nitrogens with two attached hydrogens (primary N) is 1. The van der Waals surface area contributed by atoms with Crippen LogP contribution in [0.15, 0.2) is 29.4 Å². The number of rotatable bonds is 4. The Morgan fingerprint density at radius 2 is 2.00 bits per heavy atom. The number of amides is 1. The predicted octanol–water partition coefficient (Wildman–Crippen LogP) is 1.20. The van der Waals surface area contributed by atoms with Gasteiger partial charge in [0.05, 0.1) is 0 Å². The van der Waals surface area contributed by atoms with Crippen LogP contribution < -0.4 is 5.73 Å². The van der Waals surface area contributed by atoms with Crippen molar-refractivity contribution in [1.29, 1.82) is 0 Å². The van der Waals surface area contributed by atoms with Gasteiger partial charge in [-0.05, 0) is 19.1 Å². The third kappa shape index (κ3) is 3.79. The molecule has 1 aromatic carbocycles. The predicted molar refractivity (Wildman–Crippen MR) is 66.2 cm³/mol. The summed E-state index contributed by atoms with van der Waals surface area (Å²) in [5.41, 5.74) is 7.09. The van der Waals surface area contributed by atoms with Crippen LogP contribution >= 0.6 is 0 Å². The van der Waals surface area contributed by atoms with Crippen molar-refractivity contribution < 1.29 is 10.0 Å². The highest BCUT2D eigenvalue weighted by atomic mass is 16.4. The smallest absolute Gasteiger partial charge is 0.253 e. The molecule has 0 bridgehead atoms. The Bertz CT molecular complexity index is 412. The highest BCUT2D eigenvalue weighted by molar-refractivity contribution is 5.94. The lowest BCUT2D eigenvalue weighted by Crippen LogP contribution is -2.30.